The number of anilines is 1. The van der Waals surface area contributed by atoms with Gasteiger partial charge in [0.2, 0.25) is 11.0 Å². The average Bonchev–Trinajstić information content (AvgIpc) is 3.17. The van der Waals surface area contributed by atoms with Crippen molar-refractivity contribution in [1.82, 2.24) is 28.9 Å². The van der Waals surface area contributed by atoms with Gasteiger partial charge in [0.05, 0.1) is 6.33 Å². The molecule has 0 aliphatic rings. The van der Waals surface area contributed by atoms with Gasteiger partial charge >= 0.3 is 5.69 Å². The van der Waals surface area contributed by atoms with Gasteiger partial charge in [-0.25, -0.2) is 9.78 Å². The minimum atomic E-state index is -0.497. The lowest BCUT2D eigenvalue weighted by Crippen LogP contribution is -2.37. The first-order valence-corrected chi connectivity index (χ1v) is 8.82. The summed E-state index contributed by atoms with van der Waals surface area (Å²) in [6.45, 7) is 4.04. The van der Waals surface area contributed by atoms with Crippen molar-refractivity contribution in [2.24, 2.45) is 20.0 Å². The van der Waals surface area contributed by atoms with Crippen molar-refractivity contribution in [3.8, 4) is 0 Å². The highest BCUT2D eigenvalue weighted by Crippen LogP contribution is 2.18. The third-order valence-corrected chi connectivity index (χ3v) is 4.69. The first-order valence-electron chi connectivity index (χ1n) is 8.01. The van der Waals surface area contributed by atoms with Gasteiger partial charge in [0.15, 0.2) is 11.2 Å². The van der Waals surface area contributed by atoms with E-state index >= 15 is 0 Å². The molecule has 1 amide bonds. The van der Waals surface area contributed by atoms with Crippen molar-refractivity contribution >= 4 is 33.5 Å². The van der Waals surface area contributed by atoms with E-state index in [0.717, 1.165) is 16.0 Å². The lowest BCUT2D eigenvalue weighted by atomic mass is 10.1. The molecule has 0 aliphatic heterocycles. The molecule has 0 aromatic carbocycles. The van der Waals surface area contributed by atoms with Gasteiger partial charge < -0.3 is 4.57 Å². The number of nitrogens with one attached hydrogen (secondary N) is 1. The largest absolute Gasteiger partial charge is 0.332 e. The molecule has 10 nitrogen and oxygen atoms in total. The highest BCUT2D eigenvalue weighted by Gasteiger charge is 2.16. The van der Waals surface area contributed by atoms with Crippen LogP contribution in [0, 0.1) is 5.92 Å². The Morgan fingerprint density at radius 2 is 1.96 bits per heavy atom. The van der Waals surface area contributed by atoms with Gasteiger partial charge in [-0.15, -0.1) is 10.2 Å². The third-order valence-electron chi connectivity index (χ3n) is 3.83. The predicted octanol–water partition coefficient (Wildman–Crippen LogP) is 0.122. The van der Waals surface area contributed by atoms with E-state index in [1.54, 1.807) is 0 Å². The summed E-state index contributed by atoms with van der Waals surface area (Å²) >= 11 is 1.33. The minimum Gasteiger partial charge on any atom is -0.315 e. The Morgan fingerprint density at radius 1 is 1.23 bits per heavy atom. The maximum atomic E-state index is 12.4. The summed E-state index contributed by atoms with van der Waals surface area (Å²) in [7, 11) is 2.91. The first kappa shape index (κ1) is 18.0. The number of imidazole rings is 1. The Balaban J connectivity index is 1.83. The van der Waals surface area contributed by atoms with Crippen LogP contribution in [-0.2, 0) is 31.9 Å². The fraction of sp³-hybridized carbons (Fsp3) is 0.467. The number of hydrogen-bond donors (Lipinski definition) is 1. The van der Waals surface area contributed by atoms with E-state index in [-0.39, 0.29) is 23.6 Å². The average molecular weight is 377 g/mol. The van der Waals surface area contributed by atoms with Crippen molar-refractivity contribution in [3.63, 3.8) is 0 Å². The van der Waals surface area contributed by atoms with Crippen LogP contribution in [0.15, 0.2) is 15.9 Å². The lowest BCUT2D eigenvalue weighted by Gasteiger charge is -2.06. The van der Waals surface area contributed by atoms with Crippen LogP contribution in [-0.4, -0.2) is 34.8 Å². The second kappa shape index (κ2) is 6.83. The molecule has 0 saturated carbocycles. The second-order valence-electron chi connectivity index (χ2n) is 6.40. The topological polar surface area (TPSA) is 117 Å². The van der Waals surface area contributed by atoms with Crippen LogP contribution >= 0.6 is 11.3 Å². The third kappa shape index (κ3) is 3.29. The van der Waals surface area contributed by atoms with Crippen molar-refractivity contribution in [2.45, 2.75) is 26.8 Å². The summed E-state index contributed by atoms with van der Waals surface area (Å²) in [4.78, 5) is 40.7. The molecule has 0 saturated heterocycles. The molecule has 1 N–H and O–H groups in total. The molecule has 26 heavy (non-hydrogen) atoms. The zero-order valence-corrected chi connectivity index (χ0v) is 15.7. The Labute approximate surface area is 152 Å². The molecule has 0 aliphatic carbocycles. The van der Waals surface area contributed by atoms with E-state index in [2.05, 4.69) is 34.3 Å². The van der Waals surface area contributed by atoms with Crippen LogP contribution in [0.3, 0.4) is 0 Å². The van der Waals surface area contributed by atoms with Crippen molar-refractivity contribution < 1.29 is 4.79 Å². The van der Waals surface area contributed by atoms with Crippen molar-refractivity contribution in [1.29, 1.82) is 0 Å². The SMILES string of the molecule is CC(C)Cc1nnc(NC(=O)Cn2cnc3c2c(=O)n(C)c(=O)n3C)s1. The maximum absolute atomic E-state index is 12.4. The summed E-state index contributed by atoms with van der Waals surface area (Å²) in [5.74, 6) is 0.0964. The summed E-state index contributed by atoms with van der Waals surface area (Å²) < 4.78 is 3.68. The van der Waals surface area contributed by atoms with Gasteiger partial charge in [0.25, 0.3) is 5.56 Å². The predicted molar refractivity (Wildman–Crippen MR) is 97.3 cm³/mol. The molecule has 3 rings (SSSR count). The molecule has 3 aromatic heterocycles. The molecular formula is C15H19N7O3S. The number of aryl methyl sites for hydroxylation is 1. The van der Waals surface area contributed by atoms with Gasteiger partial charge in [0.1, 0.15) is 11.6 Å². The number of amides is 1. The number of fused-ring (bicyclic) bond motifs is 1. The fourth-order valence-corrected chi connectivity index (χ4v) is 3.53. The van der Waals surface area contributed by atoms with E-state index in [0.29, 0.717) is 11.0 Å². The number of carbonyl (C=O) groups excluding carboxylic acids is 1. The molecule has 0 atom stereocenters. The van der Waals surface area contributed by atoms with E-state index in [4.69, 9.17) is 0 Å². The molecule has 0 radical (unpaired) electrons. The molecule has 0 bridgehead atoms. The van der Waals surface area contributed by atoms with Crippen LogP contribution in [0.4, 0.5) is 5.13 Å². The van der Waals surface area contributed by atoms with Crippen molar-refractivity contribution in [2.75, 3.05) is 5.32 Å². The standard InChI is InChI=1S/C15H19N7O3S/c1-8(2)5-10-18-19-14(26-10)17-9(23)6-22-7-16-12-11(22)13(24)21(4)15(25)20(12)3/h7-8H,5-6H2,1-4H3,(H,17,19,23). The maximum Gasteiger partial charge on any atom is 0.332 e. The highest BCUT2D eigenvalue weighted by molar-refractivity contribution is 7.15. The number of nitrogens with zero attached hydrogens (tertiary/aromatic N) is 6. The number of hydrogen-bond acceptors (Lipinski definition) is 7. The second-order valence-corrected chi connectivity index (χ2v) is 7.46. The Hall–Kier alpha value is -2.82. The number of rotatable bonds is 5. The Bertz CT molecular complexity index is 1090. The van der Waals surface area contributed by atoms with Crippen LogP contribution in [0.1, 0.15) is 18.9 Å². The summed E-state index contributed by atoms with van der Waals surface area (Å²) in [6.07, 6.45) is 2.17. The van der Waals surface area contributed by atoms with Crippen LogP contribution in [0.2, 0.25) is 0 Å². The van der Waals surface area contributed by atoms with Gasteiger partial charge in [-0.2, -0.15) is 0 Å². The molecule has 0 fully saturated rings. The fourth-order valence-electron chi connectivity index (χ4n) is 2.57. The number of aromatic nitrogens is 6. The number of carbonyl (C=O) groups is 1. The van der Waals surface area contributed by atoms with E-state index in [1.165, 1.54) is 40.9 Å². The summed E-state index contributed by atoms with van der Waals surface area (Å²) in [5, 5.41) is 12.0. The zero-order valence-electron chi connectivity index (χ0n) is 14.9. The molecule has 138 valence electrons. The normalized spacial score (nSPS) is 11.4. The van der Waals surface area contributed by atoms with Gasteiger partial charge in [-0.1, -0.05) is 25.2 Å². The Morgan fingerprint density at radius 3 is 2.65 bits per heavy atom. The van der Waals surface area contributed by atoms with Crippen LogP contribution in [0.5, 0.6) is 0 Å². The minimum absolute atomic E-state index is 0.122. The molecule has 0 spiro atoms. The Kier molecular flexibility index (Phi) is 4.72. The zero-order chi connectivity index (χ0) is 19.0. The summed E-state index contributed by atoms with van der Waals surface area (Å²) in [5.41, 5.74) is -0.532. The molecular weight excluding hydrogens is 358 g/mol. The van der Waals surface area contributed by atoms with Gasteiger partial charge in [-0.05, 0) is 5.92 Å². The van der Waals surface area contributed by atoms with Gasteiger partial charge in [-0.3, -0.25) is 24.0 Å². The van der Waals surface area contributed by atoms with E-state index in [1.807, 2.05) is 0 Å². The van der Waals surface area contributed by atoms with Gasteiger partial charge in [0, 0.05) is 20.5 Å². The smallest absolute Gasteiger partial charge is 0.315 e. The van der Waals surface area contributed by atoms with Crippen LogP contribution < -0.4 is 16.6 Å². The molecule has 0 unspecified atom stereocenters. The lowest BCUT2D eigenvalue weighted by molar-refractivity contribution is -0.116. The van der Waals surface area contributed by atoms with E-state index < -0.39 is 11.2 Å². The van der Waals surface area contributed by atoms with E-state index in [9.17, 15) is 14.4 Å². The molecule has 3 heterocycles. The highest BCUT2D eigenvalue weighted by atomic mass is 32.1. The molecule has 3 aromatic rings. The first-order chi connectivity index (χ1) is 12.3. The quantitative estimate of drug-likeness (QED) is 0.675. The monoisotopic (exact) mass is 377 g/mol. The summed E-state index contributed by atoms with van der Waals surface area (Å²) in [6, 6.07) is 0. The molecule has 11 heteroatoms. The van der Waals surface area contributed by atoms with Crippen molar-refractivity contribution in [3.05, 3.63) is 32.2 Å². The van der Waals surface area contributed by atoms with Crippen LogP contribution in [0.25, 0.3) is 11.2 Å².